The monoisotopic (exact) mass is 661 g/mol. The van der Waals surface area contributed by atoms with Crippen LogP contribution in [0.15, 0.2) is 54.6 Å². The van der Waals surface area contributed by atoms with Gasteiger partial charge in [-0.05, 0) is 78.6 Å². The van der Waals surface area contributed by atoms with Crippen LogP contribution < -0.4 is 19.9 Å². The van der Waals surface area contributed by atoms with Crippen molar-refractivity contribution in [2.45, 2.75) is 85.2 Å². The molecule has 0 aliphatic carbocycles. The molecule has 0 atom stereocenters. The van der Waals surface area contributed by atoms with Gasteiger partial charge >= 0.3 is 24.3 Å². The Morgan fingerprint density at radius 3 is 1.98 bits per heavy atom. The number of ether oxygens (including phenoxy) is 4. The van der Waals surface area contributed by atoms with Crippen molar-refractivity contribution in [3.8, 4) is 6.01 Å². The van der Waals surface area contributed by atoms with Crippen LogP contribution in [0.25, 0.3) is 0 Å². The third-order valence-corrected chi connectivity index (χ3v) is 7.05. The van der Waals surface area contributed by atoms with Crippen molar-refractivity contribution in [3.63, 3.8) is 0 Å². The van der Waals surface area contributed by atoms with Gasteiger partial charge in [-0.2, -0.15) is 14.9 Å². The van der Waals surface area contributed by atoms with Gasteiger partial charge in [0.1, 0.15) is 23.4 Å². The van der Waals surface area contributed by atoms with Crippen molar-refractivity contribution in [1.29, 1.82) is 0 Å². The molecule has 256 valence electrons. The van der Waals surface area contributed by atoms with E-state index in [9.17, 15) is 19.2 Å². The minimum Gasteiger partial charge on any atom is -0.467 e. The van der Waals surface area contributed by atoms with Crippen molar-refractivity contribution in [2.75, 3.05) is 23.5 Å². The van der Waals surface area contributed by atoms with E-state index in [1.165, 1.54) is 12.0 Å². The number of hydrogen-bond donors (Lipinski definition) is 1. The smallest absolute Gasteiger partial charge is 0.425 e. The second-order valence-electron chi connectivity index (χ2n) is 13.7. The Labute approximate surface area is 280 Å². The van der Waals surface area contributed by atoms with E-state index in [4.69, 9.17) is 18.9 Å². The molecule has 13 nitrogen and oxygen atoms in total. The van der Waals surface area contributed by atoms with Crippen LogP contribution in [0.2, 0.25) is 0 Å². The van der Waals surface area contributed by atoms with Crippen LogP contribution in [0.1, 0.15) is 82.6 Å². The Balaban J connectivity index is 1.63. The highest BCUT2D eigenvalue weighted by Gasteiger charge is 2.40. The molecule has 0 radical (unpaired) electrons. The van der Waals surface area contributed by atoms with Crippen LogP contribution in [0.4, 0.5) is 25.9 Å². The SMILES string of the molecule is COc1nc2c(c(N(C(=O)OC(C)(C)C)C(=O)OC(C)(C)C)n1)C(=O)N(c1ccc(C(C)(C)NC(=O)OCc3ccccc3)cc1)CC2. The van der Waals surface area contributed by atoms with E-state index < -0.39 is 40.9 Å². The molecular weight excluding hydrogens is 618 g/mol. The highest BCUT2D eigenvalue weighted by atomic mass is 16.6. The molecule has 0 saturated heterocycles. The third-order valence-electron chi connectivity index (χ3n) is 7.05. The Morgan fingerprint density at radius 2 is 1.44 bits per heavy atom. The minimum atomic E-state index is -1.08. The summed E-state index contributed by atoms with van der Waals surface area (Å²) < 4.78 is 21.7. The number of fused-ring (bicyclic) bond motifs is 1. The molecule has 48 heavy (non-hydrogen) atoms. The number of anilines is 2. The van der Waals surface area contributed by atoms with E-state index in [2.05, 4.69) is 15.3 Å². The van der Waals surface area contributed by atoms with Crippen LogP contribution in [0.5, 0.6) is 6.01 Å². The molecular formula is C35H43N5O8. The summed E-state index contributed by atoms with van der Waals surface area (Å²) in [5.41, 5.74) is -0.348. The first-order valence-corrected chi connectivity index (χ1v) is 15.5. The van der Waals surface area contributed by atoms with Crippen LogP contribution in [0.3, 0.4) is 0 Å². The Bertz CT molecular complexity index is 1630. The molecule has 0 saturated carbocycles. The zero-order valence-corrected chi connectivity index (χ0v) is 28.9. The van der Waals surface area contributed by atoms with E-state index in [0.29, 0.717) is 16.3 Å². The number of carbonyl (C=O) groups excluding carboxylic acids is 4. The molecule has 0 bridgehead atoms. The number of nitrogens with one attached hydrogen (secondary N) is 1. The van der Waals surface area contributed by atoms with E-state index in [-0.39, 0.29) is 37.0 Å². The largest absolute Gasteiger partial charge is 0.467 e. The maximum atomic E-state index is 14.2. The van der Waals surface area contributed by atoms with Crippen molar-refractivity contribution in [3.05, 3.63) is 77.0 Å². The fraction of sp³-hybridized carbons (Fsp3) is 0.429. The van der Waals surface area contributed by atoms with Crippen LogP contribution in [-0.2, 0) is 32.8 Å². The molecule has 0 fully saturated rings. The van der Waals surface area contributed by atoms with Gasteiger partial charge in [0.2, 0.25) is 0 Å². The van der Waals surface area contributed by atoms with Gasteiger partial charge in [0, 0.05) is 18.7 Å². The van der Waals surface area contributed by atoms with E-state index >= 15 is 0 Å². The molecule has 4 amide bonds. The normalized spacial score (nSPS) is 13.3. The van der Waals surface area contributed by atoms with Gasteiger partial charge in [-0.25, -0.2) is 14.4 Å². The molecule has 2 heterocycles. The lowest BCUT2D eigenvalue weighted by atomic mass is 9.94. The van der Waals surface area contributed by atoms with Crippen molar-refractivity contribution >= 4 is 35.7 Å². The number of rotatable bonds is 7. The van der Waals surface area contributed by atoms with Gasteiger partial charge in [0.15, 0.2) is 5.82 Å². The highest BCUT2D eigenvalue weighted by Crippen LogP contribution is 2.34. The lowest BCUT2D eigenvalue weighted by Gasteiger charge is -2.33. The zero-order chi connectivity index (χ0) is 35.4. The molecule has 1 aromatic heterocycles. The molecule has 1 N–H and O–H groups in total. The summed E-state index contributed by atoms with van der Waals surface area (Å²) >= 11 is 0. The van der Waals surface area contributed by atoms with Crippen molar-refractivity contribution in [1.82, 2.24) is 15.3 Å². The van der Waals surface area contributed by atoms with Crippen molar-refractivity contribution < 1.29 is 38.1 Å². The lowest BCUT2D eigenvalue weighted by Crippen LogP contribution is -2.47. The summed E-state index contributed by atoms with van der Waals surface area (Å²) in [6.45, 7) is 14.0. The lowest BCUT2D eigenvalue weighted by molar-refractivity contribution is 0.0428. The first-order valence-electron chi connectivity index (χ1n) is 15.5. The molecule has 13 heteroatoms. The first-order chi connectivity index (χ1) is 22.4. The summed E-state index contributed by atoms with van der Waals surface area (Å²) in [6, 6.07) is 16.3. The molecule has 2 aromatic carbocycles. The Kier molecular flexibility index (Phi) is 10.3. The van der Waals surface area contributed by atoms with E-state index in [0.717, 1.165) is 11.1 Å². The van der Waals surface area contributed by atoms with Crippen LogP contribution in [0, 0.1) is 0 Å². The molecule has 3 aromatic rings. The number of hydrogen-bond acceptors (Lipinski definition) is 10. The van der Waals surface area contributed by atoms with Gasteiger partial charge in [0.05, 0.1) is 18.3 Å². The molecule has 0 unspecified atom stereocenters. The second-order valence-corrected chi connectivity index (χ2v) is 13.7. The quantitative estimate of drug-likeness (QED) is 0.277. The molecule has 4 rings (SSSR count). The van der Waals surface area contributed by atoms with E-state index in [1.807, 2.05) is 44.2 Å². The number of imide groups is 1. The number of nitrogens with zero attached hydrogens (tertiary/aromatic N) is 4. The summed E-state index contributed by atoms with van der Waals surface area (Å²) in [7, 11) is 1.34. The summed E-state index contributed by atoms with van der Waals surface area (Å²) in [5.74, 6) is -0.855. The van der Waals surface area contributed by atoms with Crippen molar-refractivity contribution in [2.24, 2.45) is 0 Å². The molecule has 0 spiro atoms. The average Bonchev–Trinajstić information content (AvgIpc) is 2.98. The maximum absolute atomic E-state index is 14.2. The van der Waals surface area contributed by atoms with Gasteiger partial charge in [-0.15, -0.1) is 0 Å². The molecule has 1 aliphatic rings. The second kappa shape index (κ2) is 13.9. The maximum Gasteiger partial charge on any atom is 0.425 e. The summed E-state index contributed by atoms with van der Waals surface area (Å²) in [4.78, 5) is 64.5. The number of aromatic nitrogens is 2. The predicted molar refractivity (Wildman–Crippen MR) is 178 cm³/mol. The summed E-state index contributed by atoms with van der Waals surface area (Å²) in [6.07, 6.45) is -2.46. The van der Waals surface area contributed by atoms with Gasteiger partial charge in [0.25, 0.3) is 5.91 Å². The number of methoxy groups -OCH3 is 1. The number of amides is 4. The van der Waals surface area contributed by atoms with Gasteiger partial charge in [-0.1, -0.05) is 42.5 Å². The number of carbonyl (C=O) groups is 4. The average molecular weight is 662 g/mol. The predicted octanol–water partition coefficient (Wildman–Crippen LogP) is 6.53. The number of alkyl carbamates (subject to hydrolysis) is 1. The topological polar surface area (TPSA) is 149 Å². The fourth-order valence-electron chi connectivity index (χ4n) is 4.83. The van der Waals surface area contributed by atoms with E-state index in [1.54, 1.807) is 65.8 Å². The third kappa shape index (κ3) is 8.78. The minimum absolute atomic E-state index is 0.0639. The first kappa shape index (κ1) is 35.7. The Hall–Kier alpha value is -5.20. The highest BCUT2D eigenvalue weighted by molar-refractivity contribution is 6.17. The summed E-state index contributed by atoms with van der Waals surface area (Å²) in [5, 5.41) is 2.88. The zero-order valence-electron chi connectivity index (χ0n) is 28.9. The van der Waals surface area contributed by atoms with Gasteiger partial charge in [-0.3, -0.25) is 4.79 Å². The van der Waals surface area contributed by atoms with Crippen LogP contribution in [-0.4, -0.2) is 59.0 Å². The molecule has 1 aliphatic heterocycles. The van der Waals surface area contributed by atoms with Crippen LogP contribution >= 0.6 is 0 Å². The fourth-order valence-corrected chi connectivity index (χ4v) is 4.83. The number of benzene rings is 2. The standard InChI is InChI=1S/C35H43N5O8/c1-33(2,3)47-31(43)40(32(44)48-34(4,5)6)27-26-25(36-29(37-27)45-9)19-20-39(28(26)41)24-17-15-23(16-18-24)35(7,8)38-30(42)46-21-22-13-11-10-12-14-22/h10-18H,19-21H2,1-9H3,(H,38,42). The Morgan fingerprint density at radius 1 is 0.854 bits per heavy atom. The van der Waals surface area contributed by atoms with Gasteiger partial charge < -0.3 is 29.2 Å².